The maximum Gasteiger partial charge on any atom is 0.338 e. The zero-order valence-corrected chi connectivity index (χ0v) is 14.3. The van der Waals surface area contributed by atoms with Crippen molar-refractivity contribution in [3.8, 4) is 5.69 Å². The second kappa shape index (κ2) is 7.61. The molecule has 0 aliphatic carbocycles. The summed E-state index contributed by atoms with van der Waals surface area (Å²) in [6, 6.07) is 18.5. The van der Waals surface area contributed by atoms with Gasteiger partial charge in [-0.05, 0) is 46.3 Å². The molecule has 134 valence electrons. The average molecular weight is 360 g/mol. The van der Waals surface area contributed by atoms with Gasteiger partial charge < -0.3 is 4.74 Å². The van der Waals surface area contributed by atoms with E-state index in [1.54, 1.807) is 23.0 Å². The van der Waals surface area contributed by atoms with E-state index in [0.717, 1.165) is 11.3 Å². The normalized spacial score (nSPS) is 10.7. The van der Waals surface area contributed by atoms with Crippen molar-refractivity contribution in [2.45, 2.75) is 13.2 Å². The zero-order chi connectivity index (χ0) is 18.5. The van der Waals surface area contributed by atoms with Gasteiger partial charge in [0.1, 0.15) is 0 Å². The van der Waals surface area contributed by atoms with Gasteiger partial charge in [0.05, 0.1) is 17.8 Å². The van der Waals surface area contributed by atoms with Gasteiger partial charge in [-0.1, -0.05) is 30.3 Å². The molecule has 27 heavy (non-hydrogen) atoms. The molecule has 0 fully saturated rings. The molecule has 0 saturated heterocycles. The van der Waals surface area contributed by atoms with Crippen LogP contribution in [-0.4, -0.2) is 36.0 Å². The highest BCUT2D eigenvalue weighted by Gasteiger charge is 2.12. The van der Waals surface area contributed by atoms with Crippen molar-refractivity contribution >= 4 is 5.97 Å². The van der Waals surface area contributed by atoms with Crippen LogP contribution in [0.2, 0.25) is 0 Å². The molecule has 0 aliphatic rings. The minimum atomic E-state index is -0.428. The second-order valence-corrected chi connectivity index (χ2v) is 5.82. The first-order chi connectivity index (χ1) is 13.3. The lowest BCUT2D eigenvalue weighted by Crippen LogP contribution is -2.10. The predicted molar refractivity (Wildman–Crippen MR) is 96.0 cm³/mol. The summed E-state index contributed by atoms with van der Waals surface area (Å²) in [6.45, 7) is 0.629. The number of hydrogen-bond acceptors (Lipinski definition) is 6. The summed E-state index contributed by atoms with van der Waals surface area (Å²) in [5.41, 5.74) is 2.32. The molecule has 0 radical (unpaired) electrons. The highest BCUT2D eigenvalue weighted by molar-refractivity contribution is 5.89. The van der Waals surface area contributed by atoms with E-state index in [1.165, 1.54) is 0 Å². The van der Waals surface area contributed by atoms with E-state index in [1.807, 2.05) is 59.4 Å². The molecule has 4 rings (SSSR count). The minimum Gasteiger partial charge on any atom is -0.454 e. The largest absolute Gasteiger partial charge is 0.454 e. The molecule has 0 saturated carbocycles. The van der Waals surface area contributed by atoms with Crippen molar-refractivity contribution in [3.05, 3.63) is 90.0 Å². The van der Waals surface area contributed by atoms with Gasteiger partial charge in [-0.15, -0.1) is 5.10 Å². The molecule has 0 atom stereocenters. The van der Waals surface area contributed by atoms with Crippen LogP contribution in [0.15, 0.2) is 73.1 Å². The molecule has 0 bridgehead atoms. The first-order valence-corrected chi connectivity index (χ1v) is 8.36. The Kier molecular flexibility index (Phi) is 4.69. The van der Waals surface area contributed by atoms with E-state index in [2.05, 4.69) is 20.6 Å². The highest BCUT2D eigenvalue weighted by Crippen LogP contribution is 2.11. The van der Waals surface area contributed by atoms with Crippen LogP contribution in [0, 0.1) is 0 Å². The number of benzene rings is 2. The molecule has 0 N–H and O–H groups in total. The summed E-state index contributed by atoms with van der Waals surface area (Å²) in [5, 5.41) is 15.7. The molecule has 0 spiro atoms. The Morgan fingerprint density at radius 1 is 1.00 bits per heavy atom. The number of rotatable bonds is 6. The van der Waals surface area contributed by atoms with Gasteiger partial charge in [0, 0.05) is 12.4 Å². The Balaban J connectivity index is 1.39. The molecule has 2 aromatic heterocycles. The Morgan fingerprint density at radius 2 is 1.81 bits per heavy atom. The molecular formula is C19H16N6O2. The van der Waals surface area contributed by atoms with Crippen LogP contribution in [0.3, 0.4) is 0 Å². The summed E-state index contributed by atoms with van der Waals surface area (Å²) in [6.07, 6.45) is 3.62. The number of esters is 1. The van der Waals surface area contributed by atoms with Gasteiger partial charge in [0.2, 0.25) is 0 Å². The zero-order valence-electron chi connectivity index (χ0n) is 14.3. The molecule has 0 aliphatic heterocycles. The van der Waals surface area contributed by atoms with Gasteiger partial charge in [-0.25, -0.2) is 4.79 Å². The molecule has 4 aromatic rings. The third kappa shape index (κ3) is 3.90. The minimum absolute atomic E-state index is 0.0181. The summed E-state index contributed by atoms with van der Waals surface area (Å²) in [7, 11) is 0. The Labute approximate surface area is 155 Å². The maximum absolute atomic E-state index is 12.3. The van der Waals surface area contributed by atoms with E-state index in [0.29, 0.717) is 17.9 Å². The van der Waals surface area contributed by atoms with E-state index in [9.17, 15) is 4.79 Å². The van der Waals surface area contributed by atoms with Crippen molar-refractivity contribution in [1.29, 1.82) is 0 Å². The van der Waals surface area contributed by atoms with Gasteiger partial charge in [0.15, 0.2) is 12.4 Å². The van der Waals surface area contributed by atoms with Gasteiger partial charge >= 0.3 is 5.97 Å². The number of nitrogens with zero attached hydrogens (tertiary/aromatic N) is 6. The fourth-order valence-corrected chi connectivity index (χ4v) is 2.61. The van der Waals surface area contributed by atoms with Crippen molar-refractivity contribution in [1.82, 2.24) is 30.0 Å². The lowest BCUT2D eigenvalue weighted by molar-refractivity contribution is 0.0459. The van der Waals surface area contributed by atoms with Crippen molar-refractivity contribution in [2.24, 2.45) is 0 Å². The van der Waals surface area contributed by atoms with E-state index < -0.39 is 5.97 Å². The second-order valence-electron chi connectivity index (χ2n) is 5.82. The van der Waals surface area contributed by atoms with Crippen LogP contribution in [0.4, 0.5) is 0 Å². The molecule has 0 unspecified atom stereocenters. The molecule has 8 nitrogen and oxygen atoms in total. The fraction of sp³-hybridized carbons (Fsp3) is 0.105. The molecule has 8 heteroatoms. The van der Waals surface area contributed by atoms with E-state index >= 15 is 0 Å². The predicted octanol–water partition coefficient (Wildman–Crippen LogP) is 2.26. The van der Waals surface area contributed by atoms with Crippen LogP contribution in [0.5, 0.6) is 0 Å². The average Bonchev–Trinajstić information content (AvgIpc) is 3.39. The summed E-state index contributed by atoms with van der Waals surface area (Å²) < 4.78 is 8.72. The summed E-state index contributed by atoms with van der Waals surface area (Å²) in [4.78, 5) is 12.3. The first kappa shape index (κ1) is 16.6. The molecule has 0 amide bonds. The van der Waals surface area contributed by atoms with Gasteiger partial charge in [0.25, 0.3) is 0 Å². The maximum atomic E-state index is 12.3. The monoisotopic (exact) mass is 360 g/mol. The fourth-order valence-electron chi connectivity index (χ4n) is 2.61. The highest BCUT2D eigenvalue weighted by atomic mass is 16.5. The van der Waals surface area contributed by atoms with Crippen molar-refractivity contribution in [3.63, 3.8) is 0 Å². The summed E-state index contributed by atoms with van der Waals surface area (Å²) >= 11 is 0. The van der Waals surface area contributed by atoms with Crippen LogP contribution >= 0.6 is 0 Å². The number of hydrogen-bond donors (Lipinski definition) is 0. The molecule has 2 aromatic carbocycles. The van der Waals surface area contributed by atoms with Crippen molar-refractivity contribution in [2.75, 3.05) is 0 Å². The van der Waals surface area contributed by atoms with Crippen molar-refractivity contribution < 1.29 is 9.53 Å². The standard InChI is InChI=1S/C19H16N6O2/c26-19(16-9-7-15(8-10-16)13-24-12-4-11-20-24)27-14-18-21-22-23-25(18)17-5-2-1-3-6-17/h1-12H,13-14H2. The number of carbonyl (C=O) groups is 1. The molecule has 2 heterocycles. The van der Waals surface area contributed by atoms with Crippen LogP contribution < -0.4 is 0 Å². The SMILES string of the molecule is O=C(OCc1nnnn1-c1ccccc1)c1ccc(Cn2cccn2)cc1. The van der Waals surface area contributed by atoms with E-state index in [4.69, 9.17) is 4.74 Å². The first-order valence-electron chi connectivity index (χ1n) is 8.36. The number of para-hydroxylation sites is 1. The number of tetrazole rings is 1. The lowest BCUT2D eigenvalue weighted by Gasteiger charge is -2.07. The number of ether oxygens (including phenoxy) is 1. The quantitative estimate of drug-likeness (QED) is 0.490. The Morgan fingerprint density at radius 3 is 2.56 bits per heavy atom. The third-order valence-electron chi connectivity index (χ3n) is 3.96. The van der Waals surface area contributed by atoms with Crippen LogP contribution in [0.25, 0.3) is 5.69 Å². The van der Waals surface area contributed by atoms with Crippen LogP contribution in [-0.2, 0) is 17.9 Å². The number of aromatic nitrogens is 6. The Bertz CT molecular complexity index is 1010. The molecular weight excluding hydrogens is 344 g/mol. The number of carbonyl (C=O) groups excluding carboxylic acids is 1. The summed E-state index contributed by atoms with van der Waals surface area (Å²) in [5.74, 6) is 0.0214. The Hall–Kier alpha value is -3.81. The topological polar surface area (TPSA) is 87.7 Å². The lowest BCUT2D eigenvalue weighted by atomic mass is 10.1. The van der Waals surface area contributed by atoms with Gasteiger partial charge in [-0.3, -0.25) is 4.68 Å². The van der Waals surface area contributed by atoms with Gasteiger partial charge in [-0.2, -0.15) is 9.78 Å². The van der Waals surface area contributed by atoms with E-state index in [-0.39, 0.29) is 6.61 Å². The smallest absolute Gasteiger partial charge is 0.338 e. The third-order valence-corrected chi connectivity index (χ3v) is 3.96. The van der Waals surface area contributed by atoms with Crippen LogP contribution in [0.1, 0.15) is 21.7 Å².